The Labute approximate surface area is 110 Å². The second kappa shape index (κ2) is 4.66. The third kappa shape index (κ3) is 2.11. The zero-order valence-electron chi connectivity index (χ0n) is 10.2. The third-order valence-electron chi connectivity index (χ3n) is 3.23. The lowest BCUT2D eigenvalue weighted by Gasteiger charge is -2.31. The smallest absolute Gasteiger partial charge is 0.254 e. The first-order valence-electron chi connectivity index (χ1n) is 6.10. The van der Waals surface area contributed by atoms with Gasteiger partial charge in [-0.25, -0.2) is 4.98 Å². The zero-order chi connectivity index (χ0) is 12.5. The van der Waals surface area contributed by atoms with Gasteiger partial charge in [0.2, 0.25) is 0 Å². The van der Waals surface area contributed by atoms with Crippen LogP contribution < -0.4 is 5.32 Å². The lowest BCUT2D eigenvalue weighted by molar-refractivity contribution is 0.0709. The molecule has 2 heterocycles. The highest BCUT2D eigenvalue weighted by Gasteiger charge is 2.21. The molecule has 0 radical (unpaired) electrons. The molecule has 1 atom stereocenters. The predicted molar refractivity (Wildman–Crippen MR) is 73.0 cm³/mol. The highest BCUT2D eigenvalue weighted by molar-refractivity contribution is 7.16. The molecule has 1 saturated heterocycles. The van der Waals surface area contributed by atoms with Crippen LogP contribution in [0, 0.1) is 0 Å². The number of hydrogen-bond donors (Lipinski definition) is 1. The SMILES string of the molecule is C[C@@H]1CN(C(=O)c2ccc3ncsc3c2)CCN1. The van der Waals surface area contributed by atoms with Gasteiger partial charge in [0.25, 0.3) is 5.91 Å². The molecule has 1 amide bonds. The molecule has 2 aromatic rings. The number of thiazole rings is 1. The summed E-state index contributed by atoms with van der Waals surface area (Å²) < 4.78 is 1.07. The van der Waals surface area contributed by atoms with Crippen molar-refractivity contribution in [3.8, 4) is 0 Å². The number of nitrogens with one attached hydrogen (secondary N) is 1. The van der Waals surface area contributed by atoms with Gasteiger partial charge in [-0.1, -0.05) is 0 Å². The highest BCUT2D eigenvalue weighted by Crippen LogP contribution is 2.20. The molecule has 0 saturated carbocycles. The molecule has 0 aliphatic carbocycles. The van der Waals surface area contributed by atoms with E-state index in [1.54, 1.807) is 11.3 Å². The van der Waals surface area contributed by atoms with Crippen molar-refractivity contribution >= 4 is 27.5 Å². The first-order chi connectivity index (χ1) is 8.74. The van der Waals surface area contributed by atoms with Gasteiger partial charge in [0, 0.05) is 31.2 Å². The molecule has 3 rings (SSSR count). The number of amides is 1. The largest absolute Gasteiger partial charge is 0.336 e. The maximum Gasteiger partial charge on any atom is 0.254 e. The normalized spacial score (nSPS) is 20.3. The minimum atomic E-state index is 0.124. The van der Waals surface area contributed by atoms with Crippen molar-refractivity contribution in [2.75, 3.05) is 19.6 Å². The van der Waals surface area contributed by atoms with E-state index in [0.29, 0.717) is 6.04 Å². The van der Waals surface area contributed by atoms with Crippen LogP contribution in [0.1, 0.15) is 17.3 Å². The van der Waals surface area contributed by atoms with Gasteiger partial charge in [0.1, 0.15) is 0 Å². The van der Waals surface area contributed by atoms with E-state index in [-0.39, 0.29) is 5.91 Å². The number of hydrogen-bond acceptors (Lipinski definition) is 4. The lowest BCUT2D eigenvalue weighted by Crippen LogP contribution is -2.51. The lowest BCUT2D eigenvalue weighted by atomic mass is 10.1. The molecule has 1 aliphatic rings. The first kappa shape index (κ1) is 11.6. The van der Waals surface area contributed by atoms with E-state index in [2.05, 4.69) is 17.2 Å². The van der Waals surface area contributed by atoms with Gasteiger partial charge in [0.15, 0.2) is 0 Å². The summed E-state index contributed by atoms with van der Waals surface area (Å²) in [7, 11) is 0. The number of carbonyl (C=O) groups excluding carboxylic acids is 1. The van der Waals surface area contributed by atoms with Gasteiger partial charge in [-0.2, -0.15) is 0 Å². The van der Waals surface area contributed by atoms with E-state index in [1.165, 1.54) is 0 Å². The first-order valence-corrected chi connectivity index (χ1v) is 6.98. The Bertz CT molecular complexity index is 580. The van der Waals surface area contributed by atoms with Gasteiger partial charge in [-0.15, -0.1) is 11.3 Å². The van der Waals surface area contributed by atoms with Crippen molar-refractivity contribution in [1.82, 2.24) is 15.2 Å². The second-order valence-electron chi connectivity index (χ2n) is 4.64. The van der Waals surface area contributed by atoms with Gasteiger partial charge in [-0.3, -0.25) is 4.79 Å². The van der Waals surface area contributed by atoms with E-state index in [1.807, 2.05) is 28.6 Å². The summed E-state index contributed by atoms with van der Waals surface area (Å²) in [6.07, 6.45) is 0. The molecule has 0 bridgehead atoms. The second-order valence-corrected chi connectivity index (χ2v) is 5.53. The van der Waals surface area contributed by atoms with Crippen molar-refractivity contribution in [2.24, 2.45) is 0 Å². The van der Waals surface area contributed by atoms with Gasteiger partial charge in [0.05, 0.1) is 15.7 Å². The van der Waals surface area contributed by atoms with Crippen LogP contribution in [0.3, 0.4) is 0 Å². The number of aromatic nitrogens is 1. The summed E-state index contributed by atoms with van der Waals surface area (Å²) in [5.41, 5.74) is 3.54. The average molecular weight is 261 g/mol. The number of nitrogens with zero attached hydrogens (tertiary/aromatic N) is 2. The topological polar surface area (TPSA) is 45.2 Å². The van der Waals surface area contributed by atoms with Crippen LogP contribution in [0.2, 0.25) is 0 Å². The summed E-state index contributed by atoms with van der Waals surface area (Å²) in [5.74, 6) is 0.124. The quantitative estimate of drug-likeness (QED) is 0.850. The average Bonchev–Trinajstić information content (AvgIpc) is 2.85. The molecule has 0 unspecified atom stereocenters. The molecule has 1 aromatic carbocycles. The van der Waals surface area contributed by atoms with E-state index in [4.69, 9.17) is 0 Å². The third-order valence-corrected chi connectivity index (χ3v) is 4.03. The van der Waals surface area contributed by atoms with E-state index < -0.39 is 0 Å². The molecule has 4 nitrogen and oxygen atoms in total. The molecular formula is C13H15N3OS. The minimum absolute atomic E-state index is 0.124. The molecule has 18 heavy (non-hydrogen) atoms. The molecule has 1 N–H and O–H groups in total. The Morgan fingerprint density at radius 3 is 3.28 bits per heavy atom. The fourth-order valence-corrected chi connectivity index (χ4v) is 3.00. The van der Waals surface area contributed by atoms with E-state index in [0.717, 1.165) is 35.4 Å². The Hall–Kier alpha value is -1.46. The summed E-state index contributed by atoms with van der Waals surface area (Å²) >= 11 is 1.57. The molecule has 1 fully saturated rings. The minimum Gasteiger partial charge on any atom is -0.336 e. The standard InChI is InChI=1S/C13H15N3OS/c1-9-7-16(5-4-14-9)13(17)10-2-3-11-12(6-10)18-8-15-11/h2-3,6,8-9,14H,4-5,7H2,1H3/t9-/m1/s1. The Morgan fingerprint density at radius 1 is 1.56 bits per heavy atom. The number of benzene rings is 1. The van der Waals surface area contributed by atoms with Crippen LogP contribution in [0.25, 0.3) is 10.2 Å². The molecular weight excluding hydrogens is 246 g/mol. The van der Waals surface area contributed by atoms with Crippen LogP contribution in [-0.4, -0.2) is 41.5 Å². The highest BCUT2D eigenvalue weighted by atomic mass is 32.1. The number of fused-ring (bicyclic) bond motifs is 1. The monoisotopic (exact) mass is 261 g/mol. The van der Waals surface area contributed by atoms with E-state index in [9.17, 15) is 4.79 Å². The van der Waals surface area contributed by atoms with Crippen LogP contribution in [0.4, 0.5) is 0 Å². The number of rotatable bonds is 1. The summed E-state index contributed by atoms with van der Waals surface area (Å²) in [6.45, 7) is 4.53. The van der Waals surface area contributed by atoms with Crippen LogP contribution in [0.5, 0.6) is 0 Å². The zero-order valence-corrected chi connectivity index (χ0v) is 11.0. The maximum atomic E-state index is 12.4. The number of carbonyl (C=O) groups is 1. The molecule has 1 aromatic heterocycles. The fraction of sp³-hybridized carbons (Fsp3) is 0.385. The van der Waals surface area contributed by atoms with Crippen LogP contribution in [0.15, 0.2) is 23.7 Å². The molecule has 94 valence electrons. The Balaban J connectivity index is 1.86. The van der Waals surface area contributed by atoms with Gasteiger partial charge < -0.3 is 10.2 Å². The van der Waals surface area contributed by atoms with Gasteiger partial charge >= 0.3 is 0 Å². The molecule has 5 heteroatoms. The molecule has 1 aliphatic heterocycles. The van der Waals surface area contributed by atoms with Crippen molar-refractivity contribution in [1.29, 1.82) is 0 Å². The predicted octanol–water partition coefficient (Wildman–Crippen LogP) is 1.73. The summed E-state index contributed by atoms with van der Waals surface area (Å²) in [4.78, 5) is 18.5. The Morgan fingerprint density at radius 2 is 2.44 bits per heavy atom. The van der Waals surface area contributed by atoms with Crippen molar-refractivity contribution in [3.63, 3.8) is 0 Å². The van der Waals surface area contributed by atoms with Crippen LogP contribution in [-0.2, 0) is 0 Å². The van der Waals surface area contributed by atoms with Crippen LogP contribution >= 0.6 is 11.3 Å². The maximum absolute atomic E-state index is 12.4. The van der Waals surface area contributed by atoms with E-state index >= 15 is 0 Å². The van der Waals surface area contributed by atoms with Crippen molar-refractivity contribution in [3.05, 3.63) is 29.3 Å². The molecule has 0 spiro atoms. The number of piperazine rings is 1. The fourth-order valence-electron chi connectivity index (χ4n) is 2.29. The van der Waals surface area contributed by atoms with Gasteiger partial charge in [-0.05, 0) is 25.1 Å². The van der Waals surface area contributed by atoms with Crippen molar-refractivity contribution < 1.29 is 4.79 Å². The summed E-state index contributed by atoms with van der Waals surface area (Å²) in [5, 5.41) is 3.34. The Kier molecular flexibility index (Phi) is 3.01. The van der Waals surface area contributed by atoms with Crippen molar-refractivity contribution in [2.45, 2.75) is 13.0 Å². The summed E-state index contributed by atoms with van der Waals surface area (Å²) in [6, 6.07) is 6.11.